The lowest BCUT2D eigenvalue weighted by molar-refractivity contribution is 0.0696. The minimum Gasteiger partial charge on any atom is -0.478 e. The van der Waals surface area contributed by atoms with Crippen molar-refractivity contribution in [3.63, 3.8) is 0 Å². The standard InChI is InChI=1S/C31H30ClF2NO2/c32-27-6-2-7-28(34)30(27)26-5-1-4-23-17-24(31(36)37)12-13-25(23)29(26)22-10-8-20(9-11-22)16-21-18-35(19-21)15-3-14-33/h2,6-13,17,21H,1,3-5,14-16,18-19H2,(H,36,37). The van der Waals surface area contributed by atoms with Crippen molar-refractivity contribution in [2.75, 3.05) is 26.3 Å². The van der Waals surface area contributed by atoms with Crippen LogP contribution >= 0.6 is 11.6 Å². The number of alkyl halides is 1. The first-order valence-electron chi connectivity index (χ1n) is 12.9. The lowest BCUT2D eigenvalue weighted by Gasteiger charge is -2.39. The number of halogens is 3. The Labute approximate surface area is 221 Å². The minimum atomic E-state index is -0.960. The van der Waals surface area contributed by atoms with Crippen LogP contribution in [0.15, 0.2) is 60.7 Å². The van der Waals surface area contributed by atoms with E-state index >= 15 is 4.39 Å². The van der Waals surface area contributed by atoms with Crippen LogP contribution in [0.5, 0.6) is 0 Å². The van der Waals surface area contributed by atoms with Gasteiger partial charge in [0.15, 0.2) is 0 Å². The summed E-state index contributed by atoms with van der Waals surface area (Å²) in [6.45, 7) is 2.56. The largest absolute Gasteiger partial charge is 0.478 e. The second-order valence-corrected chi connectivity index (χ2v) is 10.5. The fourth-order valence-corrected chi connectivity index (χ4v) is 5.98. The van der Waals surface area contributed by atoms with Gasteiger partial charge < -0.3 is 10.0 Å². The zero-order valence-corrected chi connectivity index (χ0v) is 21.4. The highest BCUT2D eigenvalue weighted by atomic mass is 35.5. The lowest BCUT2D eigenvalue weighted by Crippen LogP contribution is -2.47. The molecule has 5 rings (SSSR count). The van der Waals surface area contributed by atoms with Crippen molar-refractivity contribution in [3.8, 4) is 0 Å². The maximum Gasteiger partial charge on any atom is 0.335 e. The molecule has 0 radical (unpaired) electrons. The van der Waals surface area contributed by atoms with Crippen LogP contribution in [0.3, 0.4) is 0 Å². The summed E-state index contributed by atoms with van der Waals surface area (Å²) in [5.74, 6) is -0.742. The monoisotopic (exact) mass is 521 g/mol. The van der Waals surface area contributed by atoms with E-state index in [9.17, 15) is 14.3 Å². The molecule has 0 bridgehead atoms. The fraction of sp³-hybridized carbons (Fsp3) is 0.323. The molecule has 1 aliphatic carbocycles. The average Bonchev–Trinajstić information content (AvgIpc) is 3.04. The van der Waals surface area contributed by atoms with Crippen LogP contribution in [0.2, 0.25) is 5.02 Å². The summed E-state index contributed by atoms with van der Waals surface area (Å²) in [6.07, 6.45) is 3.66. The Kier molecular flexibility index (Phi) is 7.73. The molecule has 6 heteroatoms. The van der Waals surface area contributed by atoms with E-state index in [1.165, 1.54) is 11.6 Å². The normalized spacial score (nSPS) is 16.3. The number of hydrogen-bond donors (Lipinski definition) is 1. The van der Waals surface area contributed by atoms with Crippen molar-refractivity contribution in [3.05, 3.63) is 105 Å². The number of aromatic carboxylic acids is 1. The van der Waals surface area contributed by atoms with Crippen LogP contribution in [0.1, 0.15) is 57.4 Å². The SMILES string of the molecule is O=C(O)c1ccc2c(c1)CCCC(c1c(F)cccc1Cl)=C2c1ccc(CC2CN(CCCF)C2)cc1. The number of benzene rings is 3. The maximum atomic E-state index is 15.1. The van der Waals surface area contributed by atoms with Crippen molar-refractivity contribution in [2.45, 2.75) is 32.1 Å². The molecule has 3 aromatic carbocycles. The van der Waals surface area contributed by atoms with Crippen LogP contribution in [0, 0.1) is 11.7 Å². The lowest BCUT2D eigenvalue weighted by atomic mass is 9.86. The Balaban J connectivity index is 1.52. The third-order valence-corrected chi connectivity index (χ3v) is 7.78. The number of carbonyl (C=O) groups is 1. The van der Waals surface area contributed by atoms with E-state index in [2.05, 4.69) is 29.2 Å². The predicted octanol–water partition coefficient (Wildman–Crippen LogP) is 7.31. The van der Waals surface area contributed by atoms with Crippen molar-refractivity contribution in [2.24, 2.45) is 5.92 Å². The van der Waals surface area contributed by atoms with Gasteiger partial charge in [-0.25, -0.2) is 9.18 Å². The van der Waals surface area contributed by atoms with Crippen LogP contribution in [0.4, 0.5) is 8.78 Å². The summed E-state index contributed by atoms with van der Waals surface area (Å²) in [5.41, 5.74) is 6.49. The van der Waals surface area contributed by atoms with E-state index in [-0.39, 0.29) is 18.1 Å². The van der Waals surface area contributed by atoms with E-state index in [0.717, 1.165) is 60.3 Å². The maximum absolute atomic E-state index is 15.1. The Bertz CT molecular complexity index is 1310. The first-order chi connectivity index (χ1) is 17.9. The summed E-state index contributed by atoms with van der Waals surface area (Å²) in [5, 5.41) is 9.90. The predicted molar refractivity (Wildman–Crippen MR) is 144 cm³/mol. The van der Waals surface area contributed by atoms with Crippen molar-refractivity contribution < 1.29 is 18.7 Å². The number of nitrogens with zero attached hydrogens (tertiary/aromatic N) is 1. The second-order valence-electron chi connectivity index (χ2n) is 10.1. The van der Waals surface area contributed by atoms with Crippen molar-refractivity contribution in [1.29, 1.82) is 0 Å². The van der Waals surface area contributed by atoms with Crippen LogP contribution < -0.4 is 0 Å². The zero-order chi connectivity index (χ0) is 25.9. The van der Waals surface area contributed by atoms with E-state index in [0.29, 0.717) is 35.8 Å². The molecule has 0 amide bonds. The van der Waals surface area contributed by atoms with Gasteiger partial charge in [0.1, 0.15) is 5.82 Å². The van der Waals surface area contributed by atoms with Gasteiger partial charge in [-0.1, -0.05) is 48.0 Å². The molecule has 0 saturated carbocycles. The van der Waals surface area contributed by atoms with Gasteiger partial charge in [0.05, 0.1) is 17.3 Å². The molecule has 1 N–H and O–H groups in total. The summed E-state index contributed by atoms with van der Waals surface area (Å²) in [7, 11) is 0. The number of carboxylic acid groups (broad SMARTS) is 1. The molecule has 2 aliphatic rings. The topological polar surface area (TPSA) is 40.5 Å². The number of rotatable bonds is 8. The van der Waals surface area contributed by atoms with E-state index in [1.807, 2.05) is 6.07 Å². The highest BCUT2D eigenvalue weighted by molar-refractivity contribution is 6.32. The molecule has 192 valence electrons. The van der Waals surface area contributed by atoms with Crippen LogP contribution in [-0.4, -0.2) is 42.3 Å². The molecule has 1 saturated heterocycles. The number of aryl methyl sites for hydroxylation is 1. The third-order valence-electron chi connectivity index (χ3n) is 7.47. The Morgan fingerprint density at radius 3 is 2.54 bits per heavy atom. The first kappa shape index (κ1) is 25.6. The van der Waals surface area contributed by atoms with Crippen LogP contribution in [-0.2, 0) is 12.8 Å². The Hall–Kier alpha value is -3.02. The molecule has 1 heterocycles. The number of likely N-dealkylation sites (tertiary alicyclic amines) is 1. The molecule has 0 aromatic heterocycles. The van der Waals surface area contributed by atoms with Gasteiger partial charge in [-0.3, -0.25) is 4.39 Å². The quantitative estimate of drug-likeness (QED) is 0.338. The molecule has 3 nitrogen and oxygen atoms in total. The second kappa shape index (κ2) is 11.2. The minimum absolute atomic E-state index is 0.252. The smallest absolute Gasteiger partial charge is 0.335 e. The molecular formula is C31H30ClF2NO2. The molecule has 37 heavy (non-hydrogen) atoms. The molecule has 0 atom stereocenters. The molecule has 0 unspecified atom stereocenters. The summed E-state index contributed by atoms with van der Waals surface area (Å²) < 4.78 is 27.6. The highest BCUT2D eigenvalue weighted by Crippen LogP contribution is 2.43. The van der Waals surface area contributed by atoms with Gasteiger partial charge in [-0.05, 0) is 95.7 Å². The van der Waals surface area contributed by atoms with Gasteiger partial charge in [0, 0.05) is 25.2 Å². The average molecular weight is 522 g/mol. The van der Waals surface area contributed by atoms with E-state index in [4.69, 9.17) is 11.6 Å². The Morgan fingerprint density at radius 2 is 1.84 bits per heavy atom. The van der Waals surface area contributed by atoms with E-state index in [1.54, 1.807) is 24.3 Å². The molecule has 3 aromatic rings. The highest BCUT2D eigenvalue weighted by Gasteiger charge is 2.27. The Morgan fingerprint density at radius 1 is 1.05 bits per heavy atom. The van der Waals surface area contributed by atoms with Crippen LogP contribution in [0.25, 0.3) is 11.1 Å². The van der Waals surface area contributed by atoms with E-state index < -0.39 is 5.97 Å². The van der Waals surface area contributed by atoms with Gasteiger partial charge in [-0.2, -0.15) is 0 Å². The van der Waals surface area contributed by atoms with Gasteiger partial charge in [-0.15, -0.1) is 0 Å². The first-order valence-corrected chi connectivity index (χ1v) is 13.2. The summed E-state index contributed by atoms with van der Waals surface area (Å²) >= 11 is 6.53. The van der Waals surface area contributed by atoms with Gasteiger partial charge in [0.25, 0.3) is 0 Å². The molecular weight excluding hydrogens is 492 g/mol. The van der Waals surface area contributed by atoms with Crippen molar-refractivity contribution >= 4 is 28.7 Å². The number of carboxylic acids is 1. The summed E-state index contributed by atoms with van der Waals surface area (Å²) in [4.78, 5) is 13.9. The van der Waals surface area contributed by atoms with Gasteiger partial charge in [0.2, 0.25) is 0 Å². The fourth-order valence-electron chi connectivity index (χ4n) is 5.70. The third kappa shape index (κ3) is 5.48. The number of hydrogen-bond acceptors (Lipinski definition) is 2. The number of fused-ring (bicyclic) bond motifs is 1. The summed E-state index contributed by atoms with van der Waals surface area (Å²) in [6, 6.07) is 18.4. The zero-order valence-electron chi connectivity index (χ0n) is 20.7. The van der Waals surface area contributed by atoms with Crippen molar-refractivity contribution in [1.82, 2.24) is 4.90 Å². The number of allylic oxidation sites excluding steroid dienone is 1. The molecule has 1 aliphatic heterocycles. The van der Waals surface area contributed by atoms with Gasteiger partial charge >= 0.3 is 5.97 Å². The molecule has 1 fully saturated rings. The molecule has 0 spiro atoms.